The maximum Gasteiger partial charge on any atom is 0.472 e. The molecule has 85 heavy (non-hydrogen) atoms. The molecular weight excluding hydrogens is 1130 g/mol. The summed E-state index contributed by atoms with van der Waals surface area (Å²) < 4.78 is 67.9. The van der Waals surface area contributed by atoms with Gasteiger partial charge in [0, 0.05) is 25.7 Å². The molecule has 0 bridgehead atoms. The van der Waals surface area contributed by atoms with Gasteiger partial charge in [-0.2, -0.15) is 0 Å². The SMILES string of the molecule is CCCCCC/C=C\C=C/CCCCCCCC(=O)O[C@H](COC(=O)CCCCCCCCCCCCCCC)COP(=O)(O)OC[C@@H](O)COP(=O)(O)OC[C@@H](COC(=O)CCCCCCC)OC(=O)CCCCCCCCCCCC(C)C. The number of esters is 4. The molecule has 5 atom stereocenters. The summed E-state index contributed by atoms with van der Waals surface area (Å²) in [6.07, 6.45) is 47.0. The molecule has 0 amide bonds. The second-order valence-electron chi connectivity index (χ2n) is 23.6. The summed E-state index contributed by atoms with van der Waals surface area (Å²) in [5, 5.41) is 10.5. The van der Waals surface area contributed by atoms with Crippen LogP contribution in [0.2, 0.25) is 0 Å². The fraction of sp³-hybridized carbons (Fsp3) is 0.879. The smallest absolute Gasteiger partial charge is 0.462 e. The molecule has 0 fully saturated rings. The molecule has 0 aliphatic heterocycles. The van der Waals surface area contributed by atoms with E-state index in [1.54, 1.807) is 0 Å². The molecule has 0 aromatic carbocycles. The average Bonchev–Trinajstić information content (AvgIpc) is 3.54. The van der Waals surface area contributed by atoms with Crippen LogP contribution >= 0.6 is 15.6 Å². The Morgan fingerprint density at radius 3 is 0.965 bits per heavy atom. The Kier molecular flexibility index (Phi) is 57.5. The highest BCUT2D eigenvalue weighted by molar-refractivity contribution is 7.47. The van der Waals surface area contributed by atoms with Gasteiger partial charge in [-0.25, -0.2) is 9.13 Å². The molecule has 0 rings (SSSR count). The number of phosphoric ester groups is 2. The van der Waals surface area contributed by atoms with Crippen LogP contribution in [0.15, 0.2) is 24.3 Å². The van der Waals surface area contributed by atoms with Gasteiger partial charge in [0.1, 0.15) is 19.3 Å². The third-order valence-corrected chi connectivity index (χ3v) is 16.6. The Hall–Kier alpha value is -2.46. The van der Waals surface area contributed by atoms with E-state index in [2.05, 4.69) is 58.9 Å². The van der Waals surface area contributed by atoms with Gasteiger partial charge in [-0.1, -0.05) is 258 Å². The van der Waals surface area contributed by atoms with Gasteiger partial charge in [0.05, 0.1) is 26.4 Å². The standard InChI is InChI=1S/C66H124O17P2/c1-6-9-12-15-17-19-21-23-24-26-28-32-36-41-46-51-65(70)83-62(56-77-64(69)50-45-40-35-31-27-25-22-20-18-16-13-10-7-2)58-81-85(74,75)79-54-60(67)53-78-84(72,73)80-57-61(55-76-63(68)49-44-38-14-11-8-3)82-66(71)52-47-42-37-33-29-30-34-39-43-48-59(4)5/h19,21,23-24,59-62,67H,6-18,20,22,25-58H2,1-5H3,(H,72,73)(H,74,75)/b21-19-,24-23-/t60-,61+,62+/m0/s1. The van der Waals surface area contributed by atoms with Crippen molar-refractivity contribution in [3.8, 4) is 0 Å². The van der Waals surface area contributed by atoms with Crippen LogP contribution in [0.5, 0.6) is 0 Å². The molecule has 0 aromatic heterocycles. The normalized spacial score (nSPS) is 14.4. The highest BCUT2D eigenvalue weighted by Crippen LogP contribution is 2.45. The summed E-state index contributed by atoms with van der Waals surface area (Å²) in [5.41, 5.74) is 0. The van der Waals surface area contributed by atoms with E-state index in [-0.39, 0.29) is 25.7 Å². The van der Waals surface area contributed by atoms with E-state index < -0.39 is 97.5 Å². The van der Waals surface area contributed by atoms with Crippen molar-refractivity contribution in [3.05, 3.63) is 24.3 Å². The number of carbonyl (C=O) groups is 4. The highest BCUT2D eigenvalue weighted by Gasteiger charge is 2.30. The molecule has 2 unspecified atom stereocenters. The zero-order chi connectivity index (χ0) is 62.8. The minimum absolute atomic E-state index is 0.0852. The van der Waals surface area contributed by atoms with Gasteiger partial charge in [-0.3, -0.25) is 37.3 Å². The molecule has 17 nitrogen and oxygen atoms in total. The third-order valence-electron chi connectivity index (χ3n) is 14.7. The van der Waals surface area contributed by atoms with Crippen LogP contribution in [0.4, 0.5) is 0 Å². The van der Waals surface area contributed by atoms with Gasteiger partial charge < -0.3 is 33.8 Å². The van der Waals surface area contributed by atoms with Gasteiger partial charge in [0.15, 0.2) is 12.2 Å². The number of allylic oxidation sites excluding steroid dienone is 4. The molecule has 0 radical (unpaired) electrons. The number of hydrogen-bond donors (Lipinski definition) is 3. The van der Waals surface area contributed by atoms with E-state index in [1.807, 2.05) is 0 Å². The lowest BCUT2D eigenvalue weighted by atomic mass is 10.0. The van der Waals surface area contributed by atoms with Crippen molar-refractivity contribution in [3.63, 3.8) is 0 Å². The highest BCUT2D eigenvalue weighted by atomic mass is 31.2. The van der Waals surface area contributed by atoms with Gasteiger partial charge in [0.25, 0.3) is 0 Å². The van der Waals surface area contributed by atoms with Crippen LogP contribution in [0.25, 0.3) is 0 Å². The molecule has 3 N–H and O–H groups in total. The van der Waals surface area contributed by atoms with Crippen molar-refractivity contribution in [2.24, 2.45) is 5.92 Å². The van der Waals surface area contributed by atoms with Crippen LogP contribution in [-0.4, -0.2) is 96.7 Å². The van der Waals surface area contributed by atoms with E-state index >= 15 is 0 Å². The minimum atomic E-state index is -4.95. The number of rotatable bonds is 64. The Morgan fingerprint density at radius 1 is 0.365 bits per heavy atom. The van der Waals surface area contributed by atoms with Crippen molar-refractivity contribution >= 4 is 39.5 Å². The van der Waals surface area contributed by atoms with Crippen molar-refractivity contribution in [2.45, 2.75) is 329 Å². The predicted octanol–water partition coefficient (Wildman–Crippen LogP) is 18.1. The Morgan fingerprint density at radius 2 is 0.635 bits per heavy atom. The molecule has 0 saturated carbocycles. The fourth-order valence-corrected chi connectivity index (χ4v) is 11.0. The molecule has 0 aliphatic rings. The number of aliphatic hydroxyl groups is 1. The summed E-state index contributed by atoms with van der Waals surface area (Å²) in [4.78, 5) is 72.1. The summed E-state index contributed by atoms with van der Waals surface area (Å²) in [5.74, 6) is -1.44. The van der Waals surface area contributed by atoms with Crippen molar-refractivity contribution in [1.29, 1.82) is 0 Å². The Bertz CT molecular complexity index is 1740. The van der Waals surface area contributed by atoms with Crippen LogP contribution in [0.3, 0.4) is 0 Å². The lowest BCUT2D eigenvalue weighted by Crippen LogP contribution is -2.30. The summed E-state index contributed by atoms with van der Waals surface area (Å²) in [7, 11) is -9.89. The summed E-state index contributed by atoms with van der Waals surface area (Å²) in [6, 6.07) is 0. The number of hydrogen-bond acceptors (Lipinski definition) is 15. The minimum Gasteiger partial charge on any atom is -0.462 e. The monoisotopic (exact) mass is 1250 g/mol. The first kappa shape index (κ1) is 82.5. The van der Waals surface area contributed by atoms with E-state index in [0.29, 0.717) is 25.7 Å². The number of carbonyl (C=O) groups excluding carboxylic acids is 4. The summed E-state index contributed by atoms with van der Waals surface area (Å²) >= 11 is 0. The number of ether oxygens (including phenoxy) is 4. The van der Waals surface area contributed by atoms with E-state index in [0.717, 1.165) is 115 Å². The lowest BCUT2D eigenvalue weighted by molar-refractivity contribution is -0.161. The van der Waals surface area contributed by atoms with E-state index in [9.17, 15) is 43.2 Å². The zero-order valence-electron chi connectivity index (χ0n) is 54.2. The van der Waals surface area contributed by atoms with Crippen LogP contribution < -0.4 is 0 Å². The largest absolute Gasteiger partial charge is 0.472 e. The average molecular weight is 1250 g/mol. The van der Waals surface area contributed by atoms with Gasteiger partial charge in [0.2, 0.25) is 0 Å². The second kappa shape index (κ2) is 59.2. The molecule has 0 aromatic rings. The first-order valence-corrected chi connectivity index (χ1v) is 36.9. The van der Waals surface area contributed by atoms with Crippen molar-refractivity contribution in [1.82, 2.24) is 0 Å². The summed E-state index contributed by atoms with van der Waals surface area (Å²) in [6.45, 7) is 7.03. The molecular formula is C66H124O17P2. The third kappa shape index (κ3) is 60.2. The van der Waals surface area contributed by atoms with Gasteiger partial charge >= 0.3 is 39.5 Å². The number of unbranched alkanes of at least 4 members (excludes halogenated alkanes) is 33. The van der Waals surface area contributed by atoms with Crippen LogP contribution in [-0.2, 0) is 65.4 Å². The van der Waals surface area contributed by atoms with Gasteiger partial charge in [-0.15, -0.1) is 0 Å². The molecule has 0 heterocycles. The first-order chi connectivity index (χ1) is 41.0. The molecule has 0 saturated heterocycles. The Labute approximate surface area is 516 Å². The number of aliphatic hydroxyl groups excluding tert-OH is 1. The van der Waals surface area contributed by atoms with E-state index in [4.69, 9.17) is 37.0 Å². The van der Waals surface area contributed by atoms with Crippen molar-refractivity contribution < 1.29 is 80.2 Å². The van der Waals surface area contributed by atoms with E-state index in [1.165, 1.54) is 116 Å². The Balaban J connectivity index is 5.21. The first-order valence-electron chi connectivity index (χ1n) is 34.0. The van der Waals surface area contributed by atoms with Gasteiger partial charge in [-0.05, 0) is 57.3 Å². The number of phosphoric acid groups is 2. The second-order valence-corrected chi connectivity index (χ2v) is 26.6. The van der Waals surface area contributed by atoms with Crippen molar-refractivity contribution in [2.75, 3.05) is 39.6 Å². The molecule has 500 valence electrons. The molecule has 19 heteroatoms. The molecule has 0 aliphatic carbocycles. The van der Waals surface area contributed by atoms with Crippen LogP contribution in [0, 0.1) is 5.92 Å². The maximum atomic E-state index is 13.0. The lowest BCUT2D eigenvalue weighted by Gasteiger charge is -2.21. The quantitative estimate of drug-likeness (QED) is 0.0169. The predicted molar refractivity (Wildman–Crippen MR) is 340 cm³/mol. The maximum absolute atomic E-state index is 13.0. The van der Waals surface area contributed by atoms with Crippen LogP contribution in [0.1, 0.15) is 311 Å². The molecule has 0 spiro atoms. The topological polar surface area (TPSA) is 237 Å². The zero-order valence-corrected chi connectivity index (χ0v) is 56.0. The fourth-order valence-electron chi connectivity index (χ4n) is 9.40.